The van der Waals surface area contributed by atoms with E-state index in [9.17, 15) is 4.79 Å². The van der Waals surface area contributed by atoms with Crippen molar-refractivity contribution in [1.82, 2.24) is 4.98 Å². The lowest BCUT2D eigenvalue weighted by atomic mass is 10.0. The topological polar surface area (TPSA) is 68.0 Å². The molecule has 0 aromatic carbocycles. The van der Waals surface area contributed by atoms with Crippen molar-refractivity contribution in [2.75, 3.05) is 5.32 Å². The first kappa shape index (κ1) is 15.4. The maximum absolute atomic E-state index is 12.0. The molecule has 0 unspecified atom stereocenters. The standard InChI is InChI=1S/C15H25N3OS/c1-10(2)9-11(16)14(19)18-15-17-12-7-5-3-4-6-8-13(12)20-15/h10-11H,3-9,16H2,1-2H3,(H,17,18,19)/t11-/m0/s1. The molecule has 0 aliphatic heterocycles. The van der Waals surface area contributed by atoms with Crippen molar-refractivity contribution in [1.29, 1.82) is 0 Å². The highest BCUT2D eigenvalue weighted by molar-refractivity contribution is 7.15. The van der Waals surface area contributed by atoms with Crippen molar-refractivity contribution in [3.8, 4) is 0 Å². The highest BCUT2D eigenvalue weighted by Crippen LogP contribution is 2.28. The fourth-order valence-electron chi connectivity index (χ4n) is 2.57. The minimum absolute atomic E-state index is 0.111. The molecule has 3 N–H and O–H groups in total. The van der Waals surface area contributed by atoms with Gasteiger partial charge in [-0.3, -0.25) is 4.79 Å². The van der Waals surface area contributed by atoms with Crippen molar-refractivity contribution in [3.05, 3.63) is 10.6 Å². The van der Waals surface area contributed by atoms with E-state index in [1.807, 2.05) is 0 Å². The van der Waals surface area contributed by atoms with Gasteiger partial charge in [-0.25, -0.2) is 4.98 Å². The molecule has 1 aromatic heterocycles. The van der Waals surface area contributed by atoms with Crippen LogP contribution in [0.1, 0.15) is 56.5 Å². The van der Waals surface area contributed by atoms with E-state index in [1.54, 1.807) is 11.3 Å². The number of hydrogen-bond acceptors (Lipinski definition) is 4. The van der Waals surface area contributed by atoms with E-state index in [2.05, 4.69) is 24.1 Å². The van der Waals surface area contributed by atoms with Crippen LogP contribution in [0.15, 0.2) is 0 Å². The molecule has 20 heavy (non-hydrogen) atoms. The van der Waals surface area contributed by atoms with Gasteiger partial charge in [0.15, 0.2) is 5.13 Å². The van der Waals surface area contributed by atoms with Gasteiger partial charge in [0.05, 0.1) is 11.7 Å². The predicted molar refractivity (Wildman–Crippen MR) is 84.1 cm³/mol. The Morgan fingerprint density at radius 2 is 2.00 bits per heavy atom. The van der Waals surface area contributed by atoms with Gasteiger partial charge >= 0.3 is 0 Å². The summed E-state index contributed by atoms with van der Waals surface area (Å²) in [7, 11) is 0. The van der Waals surface area contributed by atoms with Crippen molar-refractivity contribution < 1.29 is 4.79 Å². The molecule has 5 heteroatoms. The van der Waals surface area contributed by atoms with Crippen LogP contribution in [0.5, 0.6) is 0 Å². The molecule has 1 aromatic rings. The lowest BCUT2D eigenvalue weighted by Crippen LogP contribution is -2.36. The smallest absolute Gasteiger partial charge is 0.243 e. The molecule has 112 valence electrons. The number of anilines is 1. The summed E-state index contributed by atoms with van der Waals surface area (Å²) in [5.74, 6) is 0.313. The maximum atomic E-state index is 12.0. The molecule has 1 atom stereocenters. The Morgan fingerprint density at radius 1 is 1.30 bits per heavy atom. The maximum Gasteiger partial charge on any atom is 0.243 e. The quantitative estimate of drug-likeness (QED) is 0.896. The van der Waals surface area contributed by atoms with Gasteiger partial charge in [0.2, 0.25) is 5.91 Å². The van der Waals surface area contributed by atoms with E-state index in [4.69, 9.17) is 5.73 Å². The average molecular weight is 295 g/mol. The molecule has 1 aliphatic carbocycles. The molecule has 0 radical (unpaired) electrons. The van der Waals surface area contributed by atoms with Crippen LogP contribution in [0, 0.1) is 5.92 Å². The normalized spacial score (nSPS) is 17.2. The van der Waals surface area contributed by atoms with Crippen LogP contribution in [0.2, 0.25) is 0 Å². The largest absolute Gasteiger partial charge is 0.320 e. The second-order valence-electron chi connectivity index (χ2n) is 6.03. The number of nitrogens with two attached hydrogens (primary N) is 1. The summed E-state index contributed by atoms with van der Waals surface area (Å²) < 4.78 is 0. The van der Waals surface area contributed by atoms with Crippen molar-refractivity contribution in [2.45, 2.75) is 64.8 Å². The Morgan fingerprint density at radius 3 is 2.70 bits per heavy atom. The summed E-state index contributed by atoms with van der Waals surface area (Å²) in [5, 5.41) is 3.61. The molecule has 1 aliphatic rings. The number of nitrogens with one attached hydrogen (secondary N) is 1. The first-order valence-electron chi connectivity index (χ1n) is 7.61. The Hall–Kier alpha value is -0.940. The summed E-state index contributed by atoms with van der Waals surface area (Å²) in [6.45, 7) is 4.14. The third-order valence-corrected chi connectivity index (χ3v) is 4.71. The van der Waals surface area contributed by atoms with Crippen molar-refractivity contribution in [2.24, 2.45) is 11.7 Å². The van der Waals surface area contributed by atoms with E-state index in [0.717, 1.165) is 18.0 Å². The highest BCUT2D eigenvalue weighted by atomic mass is 32.1. The molecule has 4 nitrogen and oxygen atoms in total. The SMILES string of the molecule is CC(C)C[C@H](N)C(=O)Nc1nc2c(s1)CCCCCC2. The minimum atomic E-state index is -0.443. The summed E-state index contributed by atoms with van der Waals surface area (Å²) in [4.78, 5) is 18.0. The van der Waals surface area contributed by atoms with Crippen LogP contribution in [-0.4, -0.2) is 16.9 Å². The Kier molecular flexibility index (Phi) is 5.54. The van der Waals surface area contributed by atoms with Crippen LogP contribution >= 0.6 is 11.3 Å². The van der Waals surface area contributed by atoms with Crippen LogP contribution in [0.3, 0.4) is 0 Å². The van der Waals surface area contributed by atoms with Gasteiger partial charge in [-0.15, -0.1) is 11.3 Å². The van der Waals surface area contributed by atoms with E-state index >= 15 is 0 Å². The number of amides is 1. The van der Waals surface area contributed by atoms with Gasteiger partial charge in [-0.05, 0) is 38.0 Å². The highest BCUT2D eigenvalue weighted by Gasteiger charge is 2.18. The molecule has 0 spiro atoms. The first-order valence-corrected chi connectivity index (χ1v) is 8.43. The third kappa shape index (κ3) is 4.28. The van der Waals surface area contributed by atoms with E-state index in [-0.39, 0.29) is 5.91 Å². The molecule has 2 rings (SSSR count). The lowest BCUT2D eigenvalue weighted by molar-refractivity contribution is -0.117. The summed E-state index contributed by atoms with van der Waals surface area (Å²) >= 11 is 1.62. The van der Waals surface area contributed by atoms with Crippen LogP contribution in [0.25, 0.3) is 0 Å². The second-order valence-corrected chi connectivity index (χ2v) is 7.11. The molecular weight excluding hydrogens is 270 g/mol. The number of fused-ring (bicyclic) bond motifs is 1. The molecule has 0 saturated carbocycles. The molecule has 0 bridgehead atoms. The monoisotopic (exact) mass is 295 g/mol. The summed E-state index contributed by atoms with van der Waals surface area (Å²) in [6.07, 6.45) is 7.88. The van der Waals surface area contributed by atoms with Gasteiger partial charge < -0.3 is 11.1 Å². The zero-order valence-electron chi connectivity index (χ0n) is 12.4. The molecule has 0 saturated heterocycles. The third-order valence-electron chi connectivity index (χ3n) is 3.64. The lowest BCUT2D eigenvalue weighted by Gasteiger charge is -2.12. The van der Waals surface area contributed by atoms with Gasteiger partial charge in [-0.2, -0.15) is 0 Å². The number of aromatic nitrogens is 1. The second kappa shape index (κ2) is 7.18. The van der Waals surface area contributed by atoms with Gasteiger partial charge in [0.25, 0.3) is 0 Å². The molecular formula is C15H25N3OS. The number of hydrogen-bond donors (Lipinski definition) is 2. The Balaban J connectivity index is 1.99. The molecule has 1 amide bonds. The predicted octanol–water partition coefficient (Wildman–Crippen LogP) is 3.11. The zero-order valence-corrected chi connectivity index (χ0v) is 13.3. The average Bonchev–Trinajstić information content (AvgIpc) is 2.70. The number of carbonyl (C=O) groups is 1. The van der Waals surface area contributed by atoms with E-state index < -0.39 is 6.04 Å². The number of rotatable bonds is 4. The summed E-state index contributed by atoms with van der Waals surface area (Å²) in [5.41, 5.74) is 7.09. The Labute approximate surface area is 125 Å². The van der Waals surface area contributed by atoms with E-state index in [1.165, 1.54) is 36.3 Å². The van der Waals surface area contributed by atoms with Crippen LogP contribution in [0.4, 0.5) is 5.13 Å². The zero-order chi connectivity index (χ0) is 14.5. The van der Waals surface area contributed by atoms with Gasteiger partial charge in [0.1, 0.15) is 0 Å². The van der Waals surface area contributed by atoms with Crippen LogP contribution < -0.4 is 11.1 Å². The fraction of sp³-hybridized carbons (Fsp3) is 0.733. The Bertz CT molecular complexity index is 430. The van der Waals surface area contributed by atoms with E-state index in [0.29, 0.717) is 12.3 Å². The molecule has 1 heterocycles. The number of nitrogens with zero attached hydrogens (tertiary/aromatic N) is 1. The number of aryl methyl sites for hydroxylation is 2. The van der Waals surface area contributed by atoms with Crippen molar-refractivity contribution in [3.63, 3.8) is 0 Å². The number of carbonyl (C=O) groups excluding carboxylic acids is 1. The van der Waals surface area contributed by atoms with Crippen molar-refractivity contribution >= 4 is 22.4 Å². The summed E-state index contributed by atoms with van der Waals surface area (Å²) in [6, 6.07) is -0.443. The van der Waals surface area contributed by atoms with Gasteiger partial charge in [0, 0.05) is 4.88 Å². The minimum Gasteiger partial charge on any atom is -0.320 e. The van der Waals surface area contributed by atoms with Gasteiger partial charge in [-0.1, -0.05) is 26.7 Å². The fourth-order valence-corrected chi connectivity index (χ4v) is 3.62. The molecule has 0 fully saturated rings. The number of thiazole rings is 1. The first-order chi connectivity index (χ1) is 9.56. The van der Waals surface area contributed by atoms with Crippen LogP contribution in [-0.2, 0) is 17.6 Å².